The van der Waals surface area contributed by atoms with Gasteiger partial charge in [0.15, 0.2) is 0 Å². The van der Waals surface area contributed by atoms with Crippen LogP contribution >= 0.6 is 0 Å². The summed E-state index contributed by atoms with van der Waals surface area (Å²) in [7, 11) is 1.71. The lowest BCUT2D eigenvalue weighted by atomic mass is 10.2. The molecule has 1 aromatic rings. The van der Waals surface area contributed by atoms with Crippen molar-refractivity contribution in [3.63, 3.8) is 0 Å². The van der Waals surface area contributed by atoms with Crippen molar-refractivity contribution in [2.75, 3.05) is 31.6 Å². The molecule has 0 amide bonds. The van der Waals surface area contributed by atoms with E-state index < -0.39 is 0 Å². The summed E-state index contributed by atoms with van der Waals surface area (Å²) in [6.45, 7) is 8.88. The molecule has 0 aromatic carbocycles. The van der Waals surface area contributed by atoms with E-state index in [2.05, 4.69) is 29.2 Å². The molecule has 1 fully saturated rings. The van der Waals surface area contributed by atoms with Crippen LogP contribution in [0.2, 0.25) is 0 Å². The van der Waals surface area contributed by atoms with E-state index in [4.69, 9.17) is 4.74 Å². The van der Waals surface area contributed by atoms with Gasteiger partial charge < -0.3 is 10.1 Å². The summed E-state index contributed by atoms with van der Waals surface area (Å²) in [5.41, 5.74) is 0.483. The Bertz CT molecular complexity index is 516. The van der Waals surface area contributed by atoms with Crippen LogP contribution in [0.15, 0.2) is 0 Å². The average molecular weight is 297 g/mol. The van der Waals surface area contributed by atoms with Gasteiger partial charge in [0.2, 0.25) is 5.82 Å². The van der Waals surface area contributed by atoms with E-state index in [1.165, 1.54) is 4.68 Å². The Labute approximate surface area is 124 Å². The third-order valence-corrected chi connectivity index (χ3v) is 3.92. The minimum Gasteiger partial charge on any atom is -0.379 e. The van der Waals surface area contributed by atoms with Gasteiger partial charge in [-0.25, -0.2) is 4.68 Å². The molecule has 0 spiro atoms. The summed E-state index contributed by atoms with van der Waals surface area (Å²) in [4.78, 5) is 13.1. The number of rotatable bonds is 5. The monoisotopic (exact) mass is 297 g/mol. The van der Waals surface area contributed by atoms with Crippen molar-refractivity contribution in [2.45, 2.75) is 32.9 Å². The Kier molecular flexibility index (Phi) is 4.79. The number of morpholine rings is 1. The average Bonchev–Trinajstić information content (AvgIpc) is 2.70. The van der Waals surface area contributed by atoms with E-state index in [1.54, 1.807) is 14.0 Å². The third kappa shape index (κ3) is 3.33. The molecule has 1 N–H and O–H groups in total. The summed E-state index contributed by atoms with van der Waals surface area (Å²) in [5.74, 6) is 0.463. The minimum absolute atomic E-state index is 0.0553. The van der Waals surface area contributed by atoms with Gasteiger partial charge in [0.1, 0.15) is 5.69 Å². The van der Waals surface area contributed by atoms with Crippen LogP contribution in [0.3, 0.4) is 0 Å². The van der Waals surface area contributed by atoms with Crippen LogP contribution in [0.1, 0.15) is 19.5 Å². The normalized spacial score (nSPS) is 21.2. The highest BCUT2D eigenvalue weighted by atomic mass is 16.6. The molecule has 0 aliphatic carbocycles. The quantitative estimate of drug-likeness (QED) is 0.648. The van der Waals surface area contributed by atoms with Crippen molar-refractivity contribution in [3.8, 4) is 0 Å². The SMILES string of the molecule is Cc1nn(C)c(NC[C@H](C)N2CCOC[C@H]2C)c1[N+](=O)[O-]. The molecule has 1 aliphatic heterocycles. The molecule has 1 aliphatic rings. The molecule has 2 rings (SSSR count). The maximum Gasteiger partial charge on any atom is 0.333 e. The van der Waals surface area contributed by atoms with E-state index >= 15 is 0 Å². The summed E-state index contributed by atoms with van der Waals surface area (Å²) in [5, 5.41) is 18.4. The van der Waals surface area contributed by atoms with Gasteiger partial charge >= 0.3 is 5.69 Å². The second-order valence-corrected chi connectivity index (χ2v) is 5.56. The van der Waals surface area contributed by atoms with E-state index in [-0.39, 0.29) is 16.7 Å². The second-order valence-electron chi connectivity index (χ2n) is 5.56. The number of aromatic nitrogens is 2. The molecule has 2 atom stereocenters. The van der Waals surface area contributed by atoms with Gasteiger partial charge in [0.25, 0.3) is 0 Å². The second kappa shape index (κ2) is 6.40. The van der Waals surface area contributed by atoms with Crippen molar-refractivity contribution < 1.29 is 9.66 Å². The lowest BCUT2D eigenvalue weighted by Crippen LogP contribution is -2.50. The van der Waals surface area contributed by atoms with E-state index in [9.17, 15) is 10.1 Å². The third-order valence-electron chi connectivity index (χ3n) is 3.92. The molecule has 0 unspecified atom stereocenters. The first kappa shape index (κ1) is 15.7. The van der Waals surface area contributed by atoms with Crippen LogP contribution in [0.4, 0.5) is 11.5 Å². The van der Waals surface area contributed by atoms with Crippen LogP contribution in [-0.2, 0) is 11.8 Å². The topological polar surface area (TPSA) is 85.5 Å². The zero-order valence-electron chi connectivity index (χ0n) is 13.0. The molecule has 2 heterocycles. The Balaban J connectivity index is 2.04. The van der Waals surface area contributed by atoms with Gasteiger partial charge in [-0.3, -0.25) is 15.0 Å². The highest BCUT2D eigenvalue weighted by molar-refractivity contribution is 5.59. The Morgan fingerprint density at radius 3 is 2.95 bits per heavy atom. The number of ether oxygens (including phenoxy) is 1. The van der Waals surface area contributed by atoms with Gasteiger partial charge in [0, 0.05) is 32.2 Å². The van der Waals surface area contributed by atoms with Crippen LogP contribution in [0.5, 0.6) is 0 Å². The lowest BCUT2D eigenvalue weighted by Gasteiger charge is -2.37. The molecular weight excluding hydrogens is 274 g/mol. The van der Waals surface area contributed by atoms with Crippen LogP contribution in [-0.4, -0.2) is 58.0 Å². The van der Waals surface area contributed by atoms with Gasteiger partial charge in [-0.05, 0) is 20.8 Å². The van der Waals surface area contributed by atoms with Gasteiger partial charge in [-0.1, -0.05) is 0 Å². The number of anilines is 1. The van der Waals surface area contributed by atoms with Crippen molar-refractivity contribution in [1.29, 1.82) is 0 Å². The molecule has 1 saturated heterocycles. The first-order valence-corrected chi connectivity index (χ1v) is 7.17. The molecule has 0 bridgehead atoms. The molecule has 118 valence electrons. The molecule has 1 aromatic heterocycles. The summed E-state index contributed by atoms with van der Waals surface area (Å²) in [6, 6.07) is 0.623. The molecule has 8 heteroatoms. The molecule has 21 heavy (non-hydrogen) atoms. The van der Waals surface area contributed by atoms with Gasteiger partial charge in [0.05, 0.1) is 18.1 Å². The highest BCUT2D eigenvalue weighted by Gasteiger charge is 2.27. The molecule has 0 radical (unpaired) electrons. The number of nitrogens with zero attached hydrogens (tertiary/aromatic N) is 4. The van der Waals surface area contributed by atoms with Crippen molar-refractivity contribution in [2.24, 2.45) is 7.05 Å². The van der Waals surface area contributed by atoms with E-state index in [0.717, 1.165) is 19.8 Å². The number of nitro groups is 1. The lowest BCUT2D eigenvalue weighted by molar-refractivity contribution is -0.384. The standard InChI is InChI=1S/C13H23N5O3/c1-9(17-5-6-21-8-10(17)2)7-14-13-12(18(19)20)11(3)15-16(13)4/h9-10,14H,5-8H2,1-4H3/t9-,10+/m0/s1. The summed E-state index contributed by atoms with van der Waals surface area (Å²) < 4.78 is 6.96. The Morgan fingerprint density at radius 2 is 2.33 bits per heavy atom. The number of hydrogen-bond acceptors (Lipinski definition) is 6. The number of nitrogens with one attached hydrogen (secondary N) is 1. The Hall–Kier alpha value is -1.67. The fourth-order valence-corrected chi connectivity index (χ4v) is 2.82. The number of aryl methyl sites for hydroxylation is 2. The van der Waals surface area contributed by atoms with Crippen LogP contribution in [0, 0.1) is 17.0 Å². The predicted molar refractivity (Wildman–Crippen MR) is 79.5 cm³/mol. The minimum atomic E-state index is -0.382. The predicted octanol–water partition coefficient (Wildman–Crippen LogP) is 1.16. The maximum absolute atomic E-state index is 11.1. The zero-order valence-corrected chi connectivity index (χ0v) is 13.0. The van der Waals surface area contributed by atoms with E-state index in [1.807, 2.05) is 0 Å². The van der Waals surface area contributed by atoms with Crippen LogP contribution < -0.4 is 5.32 Å². The smallest absolute Gasteiger partial charge is 0.333 e. The first-order valence-electron chi connectivity index (χ1n) is 7.17. The first-order chi connectivity index (χ1) is 9.91. The fourth-order valence-electron chi connectivity index (χ4n) is 2.82. The van der Waals surface area contributed by atoms with Gasteiger partial charge in [-0.15, -0.1) is 0 Å². The molecule has 8 nitrogen and oxygen atoms in total. The molecular formula is C13H23N5O3. The van der Waals surface area contributed by atoms with Crippen molar-refractivity contribution in [1.82, 2.24) is 14.7 Å². The summed E-state index contributed by atoms with van der Waals surface area (Å²) in [6.07, 6.45) is 0. The largest absolute Gasteiger partial charge is 0.379 e. The van der Waals surface area contributed by atoms with Gasteiger partial charge in [-0.2, -0.15) is 5.10 Å². The molecule has 0 saturated carbocycles. The zero-order chi connectivity index (χ0) is 15.6. The van der Waals surface area contributed by atoms with Crippen molar-refractivity contribution in [3.05, 3.63) is 15.8 Å². The van der Waals surface area contributed by atoms with E-state index in [0.29, 0.717) is 24.1 Å². The summed E-state index contributed by atoms with van der Waals surface area (Å²) >= 11 is 0. The highest BCUT2D eigenvalue weighted by Crippen LogP contribution is 2.27. The fraction of sp³-hybridized carbons (Fsp3) is 0.769. The van der Waals surface area contributed by atoms with Crippen molar-refractivity contribution >= 4 is 11.5 Å². The maximum atomic E-state index is 11.1. The Morgan fingerprint density at radius 1 is 1.62 bits per heavy atom. The van der Waals surface area contributed by atoms with Crippen LogP contribution in [0.25, 0.3) is 0 Å². The number of hydrogen-bond donors (Lipinski definition) is 1.